The van der Waals surface area contributed by atoms with Crippen LogP contribution in [0.3, 0.4) is 0 Å². The van der Waals surface area contributed by atoms with Crippen molar-refractivity contribution < 1.29 is 4.92 Å². The summed E-state index contributed by atoms with van der Waals surface area (Å²) < 4.78 is 0. The van der Waals surface area contributed by atoms with Gasteiger partial charge in [0.1, 0.15) is 0 Å². The van der Waals surface area contributed by atoms with Crippen molar-refractivity contribution in [3.8, 4) is 0 Å². The van der Waals surface area contributed by atoms with Crippen molar-refractivity contribution in [2.75, 3.05) is 5.32 Å². The number of nitrogens with zero attached hydrogens (tertiary/aromatic N) is 2. The first-order chi connectivity index (χ1) is 10.0. The van der Waals surface area contributed by atoms with E-state index in [2.05, 4.69) is 22.4 Å². The second-order valence-corrected chi connectivity index (χ2v) is 5.15. The number of non-ortho nitro benzene ring substituents is 1. The third-order valence-corrected chi connectivity index (χ3v) is 3.51. The standard InChI is InChI=1S/C15H20N4O2/c1-4-6-14(16-15-10(2)17-18-11(15)3)12-7-5-8-13(9-12)19(20)21/h5,7-9,14,16H,4,6H2,1-3H3,(H,17,18). The Morgan fingerprint density at radius 2 is 2.19 bits per heavy atom. The predicted molar refractivity (Wildman–Crippen MR) is 82.4 cm³/mol. The van der Waals surface area contributed by atoms with Crippen LogP contribution in [-0.4, -0.2) is 15.1 Å². The lowest BCUT2D eigenvalue weighted by Crippen LogP contribution is -2.12. The summed E-state index contributed by atoms with van der Waals surface area (Å²) in [5, 5.41) is 21.5. The quantitative estimate of drug-likeness (QED) is 0.624. The minimum atomic E-state index is -0.360. The Kier molecular flexibility index (Phi) is 4.57. The highest BCUT2D eigenvalue weighted by Gasteiger charge is 2.17. The van der Waals surface area contributed by atoms with Gasteiger partial charge >= 0.3 is 0 Å². The number of nitro groups is 1. The van der Waals surface area contributed by atoms with Crippen LogP contribution in [0, 0.1) is 24.0 Å². The van der Waals surface area contributed by atoms with Gasteiger partial charge in [-0.05, 0) is 25.8 Å². The Hall–Kier alpha value is -2.37. The lowest BCUT2D eigenvalue weighted by Gasteiger charge is -2.20. The monoisotopic (exact) mass is 288 g/mol. The van der Waals surface area contributed by atoms with Crippen molar-refractivity contribution in [1.82, 2.24) is 10.2 Å². The fourth-order valence-corrected chi connectivity index (χ4v) is 2.40. The molecule has 2 N–H and O–H groups in total. The van der Waals surface area contributed by atoms with Gasteiger partial charge in [-0.2, -0.15) is 5.10 Å². The number of rotatable bonds is 6. The van der Waals surface area contributed by atoms with Crippen LogP contribution in [0.5, 0.6) is 0 Å². The summed E-state index contributed by atoms with van der Waals surface area (Å²) in [4.78, 5) is 10.6. The Morgan fingerprint density at radius 3 is 2.76 bits per heavy atom. The topological polar surface area (TPSA) is 83.8 Å². The normalized spacial score (nSPS) is 12.1. The molecule has 1 unspecified atom stereocenters. The Labute approximate surface area is 123 Å². The minimum Gasteiger partial charge on any atom is -0.375 e. The number of nitrogens with one attached hydrogen (secondary N) is 2. The van der Waals surface area contributed by atoms with E-state index in [1.165, 1.54) is 6.07 Å². The number of benzene rings is 1. The molecular weight excluding hydrogens is 268 g/mol. The van der Waals surface area contributed by atoms with Crippen molar-refractivity contribution in [3.05, 3.63) is 51.3 Å². The van der Waals surface area contributed by atoms with Crippen LogP contribution in [0.25, 0.3) is 0 Å². The number of hydrogen-bond donors (Lipinski definition) is 2. The second kappa shape index (κ2) is 6.39. The lowest BCUT2D eigenvalue weighted by atomic mass is 10.0. The van der Waals surface area contributed by atoms with E-state index in [0.717, 1.165) is 35.5 Å². The first-order valence-electron chi connectivity index (χ1n) is 7.05. The van der Waals surface area contributed by atoms with Crippen LogP contribution in [0.4, 0.5) is 11.4 Å². The molecule has 0 fully saturated rings. The zero-order chi connectivity index (χ0) is 15.4. The molecule has 0 aliphatic heterocycles. The molecule has 0 saturated carbocycles. The maximum Gasteiger partial charge on any atom is 0.269 e. The summed E-state index contributed by atoms with van der Waals surface area (Å²) in [5.74, 6) is 0. The maximum atomic E-state index is 10.9. The van der Waals surface area contributed by atoms with Gasteiger partial charge in [0.05, 0.1) is 28.0 Å². The van der Waals surface area contributed by atoms with Gasteiger partial charge in [0.15, 0.2) is 0 Å². The van der Waals surface area contributed by atoms with Crippen LogP contribution in [-0.2, 0) is 0 Å². The molecule has 1 atom stereocenters. The molecule has 6 nitrogen and oxygen atoms in total. The number of hydrogen-bond acceptors (Lipinski definition) is 4. The largest absolute Gasteiger partial charge is 0.375 e. The van der Waals surface area contributed by atoms with Crippen molar-refractivity contribution in [2.45, 2.75) is 39.7 Å². The highest BCUT2D eigenvalue weighted by Crippen LogP contribution is 2.28. The van der Waals surface area contributed by atoms with E-state index in [1.54, 1.807) is 12.1 Å². The van der Waals surface area contributed by atoms with Crippen LogP contribution in [0.1, 0.15) is 42.8 Å². The van der Waals surface area contributed by atoms with E-state index >= 15 is 0 Å². The molecule has 1 aromatic carbocycles. The van der Waals surface area contributed by atoms with E-state index in [9.17, 15) is 10.1 Å². The molecule has 0 aliphatic carbocycles. The molecule has 0 spiro atoms. The number of aryl methyl sites for hydroxylation is 2. The number of nitro benzene ring substituents is 1. The third-order valence-electron chi connectivity index (χ3n) is 3.51. The third kappa shape index (κ3) is 3.39. The van der Waals surface area contributed by atoms with Crippen molar-refractivity contribution in [3.63, 3.8) is 0 Å². The lowest BCUT2D eigenvalue weighted by molar-refractivity contribution is -0.384. The smallest absolute Gasteiger partial charge is 0.269 e. The first-order valence-corrected chi connectivity index (χ1v) is 7.05. The summed E-state index contributed by atoms with van der Waals surface area (Å²) in [6.07, 6.45) is 1.88. The van der Waals surface area contributed by atoms with Gasteiger partial charge in [0, 0.05) is 12.1 Å². The van der Waals surface area contributed by atoms with Gasteiger partial charge in [0.25, 0.3) is 5.69 Å². The molecule has 1 heterocycles. The highest BCUT2D eigenvalue weighted by atomic mass is 16.6. The molecule has 0 bridgehead atoms. The van der Waals surface area contributed by atoms with E-state index in [1.807, 2.05) is 19.9 Å². The fourth-order valence-electron chi connectivity index (χ4n) is 2.40. The van der Waals surface area contributed by atoms with Crippen LogP contribution in [0.15, 0.2) is 24.3 Å². The van der Waals surface area contributed by atoms with E-state index in [-0.39, 0.29) is 16.7 Å². The number of aromatic nitrogens is 2. The van der Waals surface area contributed by atoms with Crippen LogP contribution >= 0.6 is 0 Å². The van der Waals surface area contributed by atoms with E-state index < -0.39 is 0 Å². The molecule has 2 aromatic rings. The van der Waals surface area contributed by atoms with Gasteiger partial charge in [-0.3, -0.25) is 15.2 Å². The Morgan fingerprint density at radius 1 is 1.43 bits per heavy atom. The zero-order valence-corrected chi connectivity index (χ0v) is 12.5. The average Bonchev–Trinajstić information content (AvgIpc) is 2.78. The van der Waals surface area contributed by atoms with Gasteiger partial charge in [-0.25, -0.2) is 0 Å². The summed E-state index contributed by atoms with van der Waals surface area (Å²) in [6.45, 7) is 5.99. The molecule has 0 radical (unpaired) electrons. The predicted octanol–water partition coefficient (Wildman–Crippen LogP) is 3.89. The molecule has 0 saturated heterocycles. The van der Waals surface area contributed by atoms with Gasteiger partial charge < -0.3 is 5.32 Å². The molecule has 21 heavy (non-hydrogen) atoms. The molecule has 6 heteroatoms. The van der Waals surface area contributed by atoms with Gasteiger partial charge in [0.2, 0.25) is 0 Å². The highest BCUT2D eigenvalue weighted by molar-refractivity contribution is 5.53. The number of aromatic amines is 1. The SMILES string of the molecule is CCCC(Nc1c(C)n[nH]c1C)c1cccc([N+](=O)[O-])c1. The molecular formula is C15H20N4O2. The maximum absolute atomic E-state index is 10.9. The average molecular weight is 288 g/mol. The molecule has 0 amide bonds. The van der Waals surface area contributed by atoms with Crippen molar-refractivity contribution >= 4 is 11.4 Å². The molecule has 2 rings (SSSR count). The zero-order valence-electron chi connectivity index (χ0n) is 12.5. The number of anilines is 1. The van der Waals surface area contributed by atoms with Gasteiger partial charge in [-0.1, -0.05) is 25.5 Å². The summed E-state index contributed by atoms with van der Waals surface area (Å²) in [6, 6.07) is 6.83. The second-order valence-electron chi connectivity index (χ2n) is 5.15. The minimum absolute atomic E-state index is 0.0323. The Balaban J connectivity index is 2.31. The van der Waals surface area contributed by atoms with Crippen molar-refractivity contribution in [2.24, 2.45) is 0 Å². The first kappa shape index (κ1) is 15.0. The van der Waals surface area contributed by atoms with Crippen LogP contribution in [0.2, 0.25) is 0 Å². The molecule has 112 valence electrons. The van der Waals surface area contributed by atoms with E-state index in [0.29, 0.717) is 0 Å². The molecule has 1 aromatic heterocycles. The van der Waals surface area contributed by atoms with E-state index in [4.69, 9.17) is 0 Å². The van der Waals surface area contributed by atoms with Crippen molar-refractivity contribution in [1.29, 1.82) is 0 Å². The molecule has 0 aliphatic rings. The van der Waals surface area contributed by atoms with Gasteiger partial charge in [-0.15, -0.1) is 0 Å². The summed E-state index contributed by atoms with van der Waals surface area (Å²) in [5.41, 5.74) is 3.89. The number of H-pyrrole nitrogens is 1. The Bertz CT molecular complexity index is 617. The summed E-state index contributed by atoms with van der Waals surface area (Å²) >= 11 is 0. The summed E-state index contributed by atoms with van der Waals surface area (Å²) in [7, 11) is 0. The van der Waals surface area contributed by atoms with Crippen LogP contribution < -0.4 is 5.32 Å². The fraction of sp³-hybridized carbons (Fsp3) is 0.400.